The van der Waals surface area contributed by atoms with Crippen LogP contribution in [0.4, 0.5) is 0 Å². The van der Waals surface area contributed by atoms with E-state index in [1.54, 1.807) is 0 Å². The first-order valence-electron chi connectivity index (χ1n) is 20.6. The molecule has 0 spiro atoms. The maximum atomic E-state index is 4.95. The molecule has 4 nitrogen and oxygen atoms in total. The SMILES string of the molecule is CCCC1(CCC)c2ccccc2-c2ccc(-c3ccc(-c4ccc(-c5ccc6c(c5)C(CCC)(CCC)c5ccccc5-6)c5nsnc45)c4nsnc34)cc21. The van der Waals surface area contributed by atoms with Crippen molar-refractivity contribution in [1.29, 1.82) is 0 Å². The van der Waals surface area contributed by atoms with E-state index >= 15 is 0 Å². The van der Waals surface area contributed by atoms with E-state index in [0.717, 1.165) is 95.7 Å². The molecule has 6 heteroatoms. The zero-order valence-corrected chi connectivity index (χ0v) is 34.3. The van der Waals surface area contributed by atoms with Gasteiger partial charge in [0.1, 0.15) is 22.1 Å². The van der Waals surface area contributed by atoms with Crippen molar-refractivity contribution in [2.24, 2.45) is 0 Å². The summed E-state index contributed by atoms with van der Waals surface area (Å²) < 4.78 is 19.8. The van der Waals surface area contributed by atoms with Crippen LogP contribution in [-0.4, -0.2) is 17.5 Å². The Morgan fingerprint density at radius 1 is 0.357 bits per heavy atom. The molecule has 2 aliphatic carbocycles. The van der Waals surface area contributed by atoms with Crippen LogP contribution in [0.2, 0.25) is 0 Å². The van der Waals surface area contributed by atoms with Crippen LogP contribution in [0.3, 0.4) is 0 Å². The summed E-state index contributed by atoms with van der Waals surface area (Å²) in [4.78, 5) is 0. The molecule has 0 bridgehead atoms. The van der Waals surface area contributed by atoms with E-state index in [-0.39, 0.29) is 10.8 Å². The van der Waals surface area contributed by atoms with Gasteiger partial charge < -0.3 is 0 Å². The lowest BCUT2D eigenvalue weighted by atomic mass is 9.71. The van der Waals surface area contributed by atoms with Crippen molar-refractivity contribution < 1.29 is 0 Å². The molecular formula is C50H46N4S2. The first-order chi connectivity index (χ1) is 27.6. The molecular weight excluding hydrogens is 721 g/mol. The molecule has 0 N–H and O–H groups in total. The van der Waals surface area contributed by atoms with Gasteiger partial charge in [-0.15, -0.1) is 0 Å². The number of nitrogens with zero attached hydrogens (tertiary/aromatic N) is 4. The number of benzene rings is 6. The van der Waals surface area contributed by atoms with Crippen LogP contribution >= 0.6 is 23.5 Å². The van der Waals surface area contributed by atoms with Gasteiger partial charge in [0.25, 0.3) is 0 Å². The summed E-state index contributed by atoms with van der Waals surface area (Å²) in [6.07, 6.45) is 9.15. The number of hydrogen-bond acceptors (Lipinski definition) is 6. The minimum atomic E-state index is 0.0338. The summed E-state index contributed by atoms with van der Waals surface area (Å²) in [5, 5.41) is 0. The van der Waals surface area contributed by atoms with E-state index in [1.165, 1.54) is 79.1 Å². The van der Waals surface area contributed by atoms with Crippen molar-refractivity contribution in [2.75, 3.05) is 0 Å². The third-order valence-electron chi connectivity index (χ3n) is 13.0. The van der Waals surface area contributed by atoms with Crippen molar-refractivity contribution in [3.63, 3.8) is 0 Å². The highest BCUT2D eigenvalue weighted by molar-refractivity contribution is 7.00. The molecule has 0 fully saturated rings. The number of aromatic nitrogens is 4. The molecule has 0 unspecified atom stereocenters. The highest BCUT2D eigenvalue weighted by atomic mass is 32.1. The van der Waals surface area contributed by atoms with Gasteiger partial charge in [0.05, 0.1) is 23.5 Å². The molecule has 0 radical (unpaired) electrons. The Morgan fingerprint density at radius 3 is 1.07 bits per heavy atom. The zero-order chi connectivity index (χ0) is 38.0. The van der Waals surface area contributed by atoms with Crippen LogP contribution in [0, 0.1) is 0 Å². The van der Waals surface area contributed by atoms with Crippen LogP contribution in [0.25, 0.3) is 77.7 Å². The molecule has 0 saturated carbocycles. The second-order valence-electron chi connectivity index (χ2n) is 16.0. The number of fused-ring (bicyclic) bond motifs is 8. The fraction of sp³-hybridized carbons (Fsp3) is 0.280. The Balaban J connectivity index is 1.07. The molecule has 0 atom stereocenters. The van der Waals surface area contributed by atoms with Gasteiger partial charge in [-0.05, 0) is 93.5 Å². The quantitative estimate of drug-likeness (QED) is 0.132. The molecule has 2 heterocycles. The first kappa shape index (κ1) is 35.4. The maximum Gasteiger partial charge on any atom is 0.113 e. The van der Waals surface area contributed by atoms with Crippen molar-refractivity contribution in [2.45, 2.75) is 89.9 Å². The van der Waals surface area contributed by atoms with Crippen LogP contribution in [0.1, 0.15) is 101 Å². The predicted octanol–water partition coefficient (Wildman–Crippen LogP) is 14.4. The lowest BCUT2D eigenvalue weighted by molar-refractivity contribution is 0.436. The number of hydrogen-bond donors (Lipinski definition) is 0. The van der Waals surface area contributed by atoms with Crippen molar-refractivity contribution in [3.05, 3.63) is 131 Å². The summed E-state index contributed by atoms with van der Waals surface area (Å²) in [5.74, 6) is 0. The fourth-order valence-corrected chi connectivity index (χ4v) is 12.1. The van der Waals surface area contributed by atoms with Crippen molar-refractivity contribution >= 4 is 45.5 Å². The standard InChI is InChI=1S/C50H46N4S2/c1-5-25-49(26-6-2)41-15-11-9-13-35(41)37-19-17-31(29-43(37)49)33-21-23-39(47-45(33)51-55-53-47)40-24-22-34(46-48(40)54-56-52-46)32-18-20-38-36-14-10-12-16-42(36)50(27-7-3,28-8-4)44(38)30-32/h9-24,29-30H,5-8,25-28H2,1-4H3. The van der Waals surface area contributed by atoms with E-state index in [1.807, 2.05) is 0 Å². The fourth-order valence-electron chi connectivity index (χ4n) is 10.9. The lowest BCUT2D eigenvalue weighted by Crippen LogP contribution is -2.25. The van der Waals surface area contributed by atoms with Gasteiger partial charge in [-0.1, -0.05) is 150 Å². The van der Waals surface area contributed by atoms with Crippen LogP contribution in [-0.2, 0) is 10.8 Å². The summed E-state index contributed by atoms with van der Waals surface area (Å²) in [5.41, 5.74) is 22.0. The monoisotopic (exact) mass is 766 g/mol. The minimum absolute atomic E-state index is 0.0338. The second kappa shape index (κ2) is 13.9. The Hall–Kier alpha value is -5.04. The highest BCUT2D eigenvalue weighted by Gasteiger charge is 2.43. The molecule has 278 valence electrons. The molecule has 0 amide bonds. The van der Waals surface area contributed by atoms with Gasteiger partial charge in [-0.25, -0.2) is 0 Å². The highest BCUT2D eigenvalue weighted by Crippen LogP contribution is 2.56. The van der Waals surface area contributed by atoms with E-state index in [4.69, 9.17) is 17.5 Å². The summed E-state index contributed by atoms with van der Waals surface area (Å²) >= 11 is 2.58. The van der Waals surface area contributed by atoms with Crippen molar-refractivity contribution in [3.8, 4) is 55.6 Å². The third-order valence-corrected chi connectivity index (χ3v) is 14.0. The molecule has 2 aromatic heterocycles. The van der Waals surface area contributed by atoms with Crippen LogP contribution < -0.4 is 0 Å². The normalized spacial score (nSPS) is 14.6. The van der Waals surface area contributed by atoms with Gasteiger partial charge in [0.2, 0.25) is 0 Å². The molecule has 0 saturated heterocycles. The van der Waals surface area contributed by atoms with E-state index in [2.05, 4.69) is 137 Å². The molecule has 6 aromatic carbocycles. The summed E-state index contributed by atoms with van der Waals surface area (Å²) in [7, 11) is 0. The van der Waals surface area contributed by atoms with Gasteiger partial charge in [-0.3, -0.25) is 0 Å². The second-order valence-corrected chi connectivity index (χ2v) is 17.1. The van der Waals surface area contributed by atoms with E-state index in [0.29, 0.717) is 0 Å². The van der Waals surface area contributed by atoms with E-state index in [9.17, 15) is 0 Å². The van der Waals surface area contributed by atoms with Crippen molar-refractivity contribution in [1.82, 2.24) is 17.5 Å². The average Bonchev–Trinajstić information content (AvgIpc) is 4.03. The van der Waals surface area contributed by atoms with Gasteiger partial charge in [0.15, 0.2) is 0 Å². The Morgan fingerprint density at radius 2 is 0.679 bits per heavy atom. The smallest absolute Gasteiger partial charge is 0.113 e. The topological polar surface area (TPSA) is 51.6 Å². The van der Waals surface area contributed by atoms with Crippen LogP contribution in [0.15, 0.2) is 109 Å². The minimum Gasteiger partial charge on any atom is -0.172 e. The van der Waals surface area contributed by atoms with Crippen LogP contribution in [0.5, 0.6) is 0 Å². The predicted molar refractivity (Wildman–Crippen MR) is 237 cm³/mol. The van der Waals surface area contributed by atoms with Gasteiger partial charge >= 0.3 is 0 Å². The Bertz CT molecular complexity index is 2590. The molecule has 2 aliphatic rings. The summed E-state index contributed by atoms with van der Waals surface area (Å²) in [6.45, 7) is 9.29. The lowest BCUT2D eigenvalue weighted by Gasteiger charge is -2.32. The van der Waals surface area contributed by atoms with Gasteiger partial charge in [-0.2, -0.15) is 17.5 Å². The molecule has 56 heavy (non-hydrogen) atoms. The Labute approximate surface area is 338 Å². The Kier molecular flexibility index (Phi) is 8.76. The maximum absolute atomic E-state index is 4.95. The molecule has 8 aromatic rings. The molecule has 0 aliphatic heterocycles. The number of rotatable bonds is 11. The molecule has 10 rings (SSSR count). The third kappa shape index (κ3) is 5.08. The first-order valence-corrected chi connectivity index (χ1v) is 22.0. The van der Waals surface area contributed by atoms with Gasteiger partial charge in [0, 0.05) is 33.1 Å². The largest absolute Gasteiger partial charge is 0.172 e. The summed E-state index contributed by atoms with van der Waals surface area (Å²) in [6, 6.07) is 41.4. The van der Waals surface area contributed by atoms with E-state index < -0.39 is 0 Å². The zero-order valence-electron chi connectivity index (χ0n) is 32.7. The average molecular weight is 767 g/mol.